The molecule has 0 bridgehead atoms. The van der Waals surface area contributed by atoms with Gasteiger partial charge in [0.2, 0.25) is 0 Å². The monoisotopic (exact) mass is 289 g/mol. The standard InChI is InChI=1S/C17H21NO3/c1-18-8-7-17-6-5-12(19)9-14(17)21-16-13(20-2)4-3-11(10-18)15(16)17/h3-6,12,14,19H,7-10H2,1-2H3/t12-,14-,17-/m0/s1/i12T. The molecule has 1 N–H and O–H groups in total. The number of aliphatic hydroxyl groups is 1. The summed E-state index contributed by atoms with van der Waals surface area (Å²) in [4.78, 5) is 2.31. The molecule has 3 atom stereocenters. The van der Waals surface area contributed by atoms with Crippen LogP contribution in [0, 0.1) is 0 Å². The lowest BCUT2D eigenvalue weighted by molar-refractivity contribution is 0.0821. The van der Waals surface area contributed by atoms with Crippen LogP contribution in [-0.2, 0) is 12.0 Å². The quantitative estimate of drug-likeness (QED) is 0.801. The van der Waals surface area contributed by atoms with E-state index in [4.69, 9.17) is 10.8 Å². The summed E-state index contributed by atoms with van der Waals surface area (Å²) in [5, 5.41) is 10.1. The second-order valence-corrected chi connectivity index (χ2v) is 6.29. The molecular weight excluding hydrogens is 266 g/mol. The molecule has 112 valence electrons. The fourth-order valence-corrected chi connectivity index (χ4v) is 3.96. The SMILES string of the molecule is [3H][C@]1(O)C=C[C@@]23CCN(C)Cc4ccc(OC)c(c42)O[C@H]3C1. The largest absolute Gasteiger partial charge is 0.493 e. The summed E-state index contributed by atoms with van der Waals surface area (Å²) in [6, 6.07) is 4.07. The van der Waals surface area contributed by atoms with Gasteiger partial charge < -0.3 is 19.5 Å². The summed E-state index contributed by atoms with van der Waals surface area (Å²) in [6.45, 7) is 1.83. The van der Waals surface area contributed by atoms with Crippen molar-refractivity contribution in [2.24, 2.45) is 0 Å². The van der Waals surface area contributed by atoms with Crippen molar-refractivity contribution < 1.29 is 16.0 Å². The first-order chi connectivity index (χ1) is 10.5. The zero-order chi connectivity index (χ0) is 15.5. The lowest BCUT2D eigenvalue weighted by Crippen LogP contribution is -2.42. The Morgan fingerprint density at radius 3 is 3.19 bits per heavy atom. The molecule has 0 unspecified atom stereocenters. The molecule has 4 heteroatoms. The van der Waals surface area contributed by atoms with Gasteiger partial charge in [-0.1, -0.05) is 18.2 Å². The summed E-state index contributed by atoms with van der Waals surface area (Å²) in [6.07, 6.45) is 3.07. The van der Waals surface area contributed by atoms with E-state index in [2.05, 4.69) is 18.0 Å². The Morgan fingerprint density at radius 2 is 2.38 bits per heavy atom. The van der Waals surface area contributed by atoms with Crippen LogP contribution in [0.15, 0.2) is 24.3 Å². The Kier molecular flexibility index (Phi) is 2.58. The second-order valence-electron chi connectivity index (χ2n) is 6.29. The van der Waals surface area contributed by atoms with Gasteiger partial charge in [-0.25, -0.2) is 0 Å². The molecule has 0 fully saturated rings. The molecule has 3 aliphatic rings. The van der Waals surface area contributed by atoms with E-state index in [1.54, 1.807) is 13.2 Å². The third-order valence-corrected chi connectivity index (χ3v) is 5.04. The zero-order valence-corrected chi connectivity index (χ0v) is 12.4. The van der Waals surface area contributed by atoms with E-state index in [0.717, 1.165) is 31.0 Å². The minimum Gasteiger partial charge on any atom is -0.493 e. The van der Waals surface area contributed by atoms with Gasteiger partial charge in [0, 0.05) is 18.5 Å². The summed E-state index contributed by atoms with van der Waals surface area (Å²) < 4.78 is 19.6. The molecule has 1 spiro atoms. The molecule has 1 aromatic rings. The van der Waals surface area contributed by atoms with Gasteiger partial charge >= 0.3 is 0 Å². The average molecular weight is 289 g/mol. The predicted molar refractivity (Wildman–Crippen MR) is 79.8 cm³/mol. The van der Waals surface area contributed by atoms with E-state index < -0.39 is 6.08 Å². The summed E-state index contributed by atoms with van der Waals surface area (Å²) in [5.41, 5.74) is 2.18. The first-order valence-electron chi connectivity index (χ1n) is 7.93. The molecule has 4 nitrogen and oxygen atoms in total. The van der Waals surface area contributed by atoms with Crippen LogP contribution in [0.5, 0.6) is 11.5 Å². The van der Waals surface area contributed by atoms with E-state index in [0.29, 0.717) is 0 Å². The number of benzene rings is 1. The highest BCUT2D eigenvalue weighted by atomic mass is 16.5. The van der Waals surface area contributed by atoms with Crippen molar-refractivity contribution in [2.75, 3.05) is 20.7 Å². The molecule has 0 amide bonds. The summed E-state index contributed by atoms with van der Waals surface area (Å²) in [5.74, 6) is 1.53. The first kappa shape index (κ1) is 12.1. The molecule has 2 aliphatic heterocycles. The Labute approximate surface area is 126 Å². The second kappa shape index (κ2) is 4.49. The molecule has 0 saturated heterocycles. The smallest absolute Gasteiger partial charge is 0.166 e. The number of nitrogens with zero attached hydrogens (tertiary/aromatic N) is 1. The maximum Gasteiger partial charge on any atom is 0.166 e. The van der Waals surface area contributed by atoms with Crippen molar-refractivity contribution in [1.82, 2.24) is 4.90 Å². The fourth-order valence-electron chi connectivity index (χ4n) is 3.96. The van der Waals surface area contributed by atoms with Crippen molar-refractivity contribution in [1.29, 1.82) is 0 Å². The van der Waals surface area contributed by atoms with Gasteiger partial charge in [-0.05, 0) is 31.6 Å². The van der Waals surface area contributed by atoms with Crippen LogP contribution < -0.4 is 9.47 Å². The number of hydrogen-bond acceptors (Lipinski definition) is 4. The minimum absolute atomic E-state index is 0.212. The van der Waals surface area contributed by atoms with Crippen molar-refractivity contribution >= 4 is 0 Å². The van der Waals surface area contributed by atoms with E-state index in [9.17, 15) is 5.11 Å². The van der Waals surface area contributed by atoms with Gasteiger partial charge in [-0.3, -0.25) is 0 Å². The lowest BCUT2D eigenvalue weighted by Gasteiger charge is -2.35. The molecule has 0 saturated carbocycles. The lowest BCUT2D eigenvalue weighted by atomic mass is 9.69. The zero-order valence-electron chi connectivity index (χ0n) is 13.4. The molecule has 0 aromatic heterocycles. The molecule has 0 radical (unpaired) electrons. The summed E-state index contributed by atoms with van der Waals surface area (Å²) >= 11 is 0. The average Bonchev–Trinajstić information content (AvgIpc) is 2.71. The highest BCUT2D eigenvalue weighted by Gasteiger charge is 2.52. The highest BCUT2D eigenvalue weighted by Crippen LogP contribution is 2.55. The summed E-state index contributed by atoms with van der Waals surface area (Å²) in [7, 11) is 3.77. The van der Waals surface area contributed by atoms with Gasteiger partial charge in [0.1, 0.15) is 6.10 Å². The van der Waals surface area contributed by atoms with Crippen molar-refractivity contribution in [3.8, 4) is 11.5 Å². The van der Waals surface area contributed by atoms with E-state index in [1.807, 2.05) is 12.1 Å². The third kappa shape index (κ3) is 1.75. The Morgan fingerprint density at radius 1 is 1.52 bits per heavy atom. The third-order valence-electron chi connectivity index (χ3n) is 5.04. The van der Waals surface area contributed by atoms with Crippen LogP contribution in [0.2, 0.25) is 0 Å². The van der Waals surface area contributed by atoms with E-state index >= 15 is 0 Å². The molecule has 4 rings (SSSR count). The maximum atomic E-state index is 10.1. The molecule has 1 aromatic carbocycles. The first-order valence-corrected chi connectivity index (χ1v) is 7.43. The minimum atomic E-state index is -1.55. The van der Waals surface area contributed by atoms with E-state index in [-0.39, 0.29) is 17.9 Å². The van der Waals surface area contributed by atoms with Crippen molar-refractivity contribution in [3.05, 3.63) is 35.4 Å². The number of ether oxygens (including phenoxy) is 2. The van der Waals surface area contributed by atoms with Gasteiger partial charge in [-0.15, -0.1) is 0 Å². The number of rotatable bonds is 1. The Hall–Kier alpha value is -1.52. The van der Waals surface area contributed by atoms with Crippen molar-refractivity contribution in [3.63, 3.8) is 0 Å². The number of methoxy groups -OCH3 is 1. The van der Waals surface area contributed by atoms with Crippen LogP contribution in [0.3, 0.4) is 0 Å². The van der Waals surface area contributed by atoms with E-state index in [1.165, 1.54) is 11.1 Å². The molecule has 1 aliphatic carbocycles. The topological polar surface area (TPSA) is 41.9 Å². The van der Waals surface area contributed by atoms with Gasteiger partial charge in [0.25, 0.3) is 0 Å². The van der Waals surface area contributed by atoms with Crippen LogP contribution in [0.4, 0.5) is 0 Å². The molecular formula is C17H21NO3. The van der Waals surface area contributed by atoms with Crippen LogP contribution in [-0.4, -0.2) is 42.9 Å². The highest BCUT2D eigenvalue weighted by molar-refractivity contribution is 5.60. The van der Waals surface area contributed by atoms with Gasteiger partial charge in [0.15, 0.2) is 11.5 Å². The fraction of sp³-hybridized carbons (Fsp3) is 0.529. The van der Waals surface area contributed by atoms with Crippen LogP contribution >= 0.6 is 0 Å². The predicted octanol–water partition coefficient (Wildman–Crippen LogP) is 1.85. The normalized spacial score (nSPS) is 38.0. The van der Waals surface area contributed by atoms with Crippen LogP contribution in [0.25, 0.3) is 0 Å². The Balaban J connectivity index is 1.95. The van der Waals surface area contributed by atoms with Gasteiger partial charge in [0.05, 0.1) is 20.0 Å². The Bertz CT molecular complexity index is 658. The van der Waals surface area contributed by atoms with Crippen LogP contribution in [0.1, 0.15) is 25.3 Å². The molecule has 2 heterocycles. The molecule has 21 heavy (non-hydrogen) atoms. The van der Waals surface area contributed by atoms with Crippen molar-refractivity contribution in [2.45, 2.75) is 37.0 Å². The maximum absolute atomic E-state index is 10.1. The van der Waals surface area contributed by atoms with Gasteiger partial charge in [-0.2, -0.15) is 0 Å². The number of hydrogen-bond donors (Lipinski definition) is 1.